The zero-order valence-corrected chi connectivity index (χ0v) is 13.7. The summed E-state index contributed by atoms with van der Waals surface area (Å²) in [6.45, 7) is 4.42. The van der Waals surface area contributed by atoms with Crippen LogP contribution in [-0.2, 0) is 6.54 Å². The minimum Gasteiger partial charge on any atom is -0.360 e. The molecule has 4 rings (SSSR count). The Bertz CT molecular complexity index is 1130. The molecule has 0 saturated heterocycles. The molecule has 0 spiro atoms. The van der Waals surface area contributed by atoms with E-state index in [2.05, 4.69) is 16.6 Å². The Kier molecular flexibility index (Phi) is 3.63. The highest BCUT2D eigenvalue weighted by Gasteiger charge is 2.12. The molecule has 5 heteroatoms. The fraction of sp³-hybridized carbons (Fsp3) is 0.0526. The Morgan fingerprint density at radius 3 is 2.88 bits per heavy atom. The predicted molar refractivity (Wildman–Crippen MR) is 98.2 cm³/mol. The number of para-hydroxylation sites is 2. The number of hydrogen-bond donors (Lipinski definition) is 1. The van der Waals surface area contributed by atoms with E-state index in [1.807, 2.05) is 59.2 Å². The van der Waals surface area contributed by atoms with E-state index in [0.717, 1.165) is 21.1 Å². The number of aromatic amines is 1. The standard InChI is InChI=1S/C19H15N3OS/c1-2-11-22-16-9-5-6-10-17(16)24-19(22)21-18(23)14-12-20-15-8-4-3-7-13(14)15/h2-10,12,20H,1,11H2. The van der Waals surface area contributed by atoms with Crippen molar-refractivity contribution in [1.82, 2.24) is 9.55 Å². The number of aromatic nitrogens is 2. The maximum absolute atomic E-state index is 12.7. The second-order valence-corrected chi connectivity index (χ2v) is 6.43. The molecular weight excluding hydrogens is 318 g/mol. The van der Waals surface area contributed by atoms with E-state index in [4.69, 9.17) is 0 Å². The molecule has 2 aromatic carbocycles. The lowest BCUT2D eigenvalue weighted by Crippen LogP contribution is -2.16. The van der Waals surface area contributed by atoms with Gasteiger partial charge in [-0.15, -0.1) is 6.58 Å². The molecule has 0 aliphatic heterocycles. The second-order valence-electron chi connectivity index (χ2n) is 5.42. The van der Waals surface area contributed by atoms with E-state index in [0.29, 0.717) is 16.9 Å². The Hall–Kier alpha value is -2.92. The van der Waals surface area contributed by atoms with Crippen LogP contribution in [0.25, 0.3) is 21.1 Å². The molecule has 1 amide bonds. The maximum Gasteiger partial charge on any atom is 0.281 e. The van der Waals surface area contributed by atoms with E-state index in [-0.39, 0.29) is 5.91 Å². The first kappa shape index (κ1) is 14.7. The first-order valence-electron chi connectivity index (χ1n) is 7.62. The lowest BCUT2D eigenvalue weighted by Gasteiger charge is -2.00. The van der Waals surface area contributed by atoms with Crippen molar-refractivity contribution in [1.29, 1.82) is 0 Å². The zero-order chi connectivity index (χ0) is 16.5. The van der Waals surface area contributed by atoms with Gasteiger partial charge in [0, 0.05) is 23.6 Å². The molecule has 4 aromatic rings. The monoisotopic (exact) mass is 333 g/mol. The first-order chi connectivity index (χ1) is 11.8. The van der Waals surface area contributed by atoms with E-state index in [1.54, 1.807) is 6.20 Å². The van der Waals surface area contributed by atoms with Gasteiger partial charge in [-0.05, 0) is 18.2 Å². The summed E-state index contributed by atoms with van der Waals surface area (Å²) < 4.78 is 3.12. The van der Waals surface area contributed by atoms with Crippen LogP contribution in [-0.4, -0.2) is 15.5 Å². The van der Waals surface area contributed by atoms with Crippen molar-refractivity contribution < 1.29 is 4.79 Å². The van der Waals surface area contributed by atoms with Crippen LogP contribution in [0.4, 0.5) is 0 Å². The van der Waals surface area contributed by atoms with Gasteiger partial charge in [-0.1, -0.05) is 47.7 Å². The fourth-order valence-electron chi connectivity index (χ4n) is 2.81. The van der Waals surface area contributed by atoms with Crippen LogP contribution < -0.4 is 4.80 Å². The largest absolute Gasteiger partial charge is 0.360 e. The number of fused-ring (bicyclic) bond motifs is 2. The summed E-state index contributed by atoms with van der Waals surface area (Å²) >= 11 is 1.51. The van der Waals surface area contributed by atoms with Crippen LogP contribution in [0.1, 0.15) is 10.4 Å². The normalized spacial score (nSPS) is 12.1. The van der Waals surface area contributed by atoms with Gasteiger partial charge in [-0.2, -0.15) is 4.99 Å². The van der Waals surface area contributed by atoms with Crippen molar-refractivity contribution in [3.05, 3.63) is 77.7 Å². The van der Waals surface area contributed by atoms with Crippen molar-refractivity contribution in [2.45, 2.75) is 6.54 Å². The number of hydrogen-bond acceptors (Lipinski definition) is 2. The number of nitrogens with zero attached hydrogens (tertiary/aromatic N) is 2. The third-order valence-electron chi connectivity index (χ3n) is 3.92. The Balaban J connectivity index is 1.88. The molecule has 118 valence electrons. The third kappa shape index (κ3) is 2.39. The molecule has 0 radical (unpaired) electrons. The third-order valence-corrected chi connectivity index (χ3v) is 4.98. The Morgan fingerprint density at radius 2 is 2.00 bits per heavy atom. The maximum atomic E-state index is 12.7. The van der Waals surface area contributed by atoms with Crippen molar-refractivity contribution in [3.8, 4) is 0 Å². The number of benzene rings is 2. The molecule has 0 fully saturated rings. The van der Waals surface area contributed by atoms with Gasteiger partial charge in [0.05, 0.1) is 15.8 Å². The van der Waals surface area contributed by atoms with Gasteiger partial charge in [0.2, 0.25) is 0 Å². The molecule has 0 aliphatic carbocycles. The molecule has 2 heterocycles. The number of rotatable bonds is 3. The molecule has 0 unspecified atom stereocenters. The van der Waals surface area contributed by atoms with Gasteiger partial charge in [0.1, 0.15) is 0 Å². The predicted octanol–water partition coefficient (Wildman–Crippen LogP) is 4.11. The lowest BCUT2D eigenvalue weighted by molar-refractivity contribution is 0.0999. The summed E-state index contributed by atoms with van der Waals surface area (Å²) in [5.74, 6) is -0.239. The highest BCUT2D eigenvalue weighted by molar-refractivity contribution is 7.16. The summed E-state index contributed by atoms with van der Waals surface area (Å²) in [5, 5.41) is 0.891. The molecular formula is C19H15N3OS. The van der Waals surface area contributed by atoms with Crippen molar-refractivity contribution in [2.24, 2.45) is 4.99 Å². The average Bonchev–Trinajstić information content (AvgIpc) is 3.17. The fourth-order valence-corrected chi connectivity index (χ4v) is 3.84. The van der Waals surface area contributed by atoms with Gasteiger partial charge in [-0.25, -0.2) is 0 Å². The first-order valence-corrected chi connectivity index (χ1v) is 8.44. The number of H-pyrrole nitrogens is 1. The van der Waals surface area contributed by atoms with Crippen LogP contribution in [0.2, 0.25) is 0 Å². The highest BCUT2D eigenvalue weighted by Crippen LogP contribution is 2.19. The van der Waals surface area contributed by atoms with Gasteiger partial charge < -0.3 is 9.55 Å². The SMILES string of the molecule is C=CCn1c(=NC(=O)c2c[nH]c3ccccc23)sc2ccccc21. The summed E-state index contributed by atoms with van der Waals surface area (Å²) in [6.07, 6.45) is 3.54. The molecule has 4 nitrogen and oxygen atoms in total. The van der Waals surface area contributed by atoms with Crippen molar-refractivity contribution in [2.75, 3.05) is 0 Å². The smallest absolute Gasteiger partial charge is 0.281 e. The molecule has 0 saturated carbocycles. The minimum atomic E-state index is -0.239. The molecule has 0 aliphatic rings. The molecule has 24 heavy (non-hydrogen) atoms. The Labute approximate surface area is 142 Å². The Morgan fingerprint density at radius 1 is 1.21 bits per heavy atom. The number of carbonyl (C=O) groups is 1. The van der Waals surface area contributed by atoms with Crippen LogP contribution >= 0.6 is 11.3 Å². The topological polar surface area (TPSA) is 50.1 Å². The molecule has 0 atom stereocenters. The van der Waals surface area contributed by atoms with E-state index in [1.165, 1.54) is 11.3 Å². The van der Waals surface area contributed by atoms with Gasteiger partial charge in [0.25, 0.3) is 5.91 Å². The summed E-state index contributed by atoms with van der Waals surface area (Å²) in [4.78, 5) is 20.9. The molecule has 2 aromatic heterocycles. The van der Waals surface area contributed by atoms with Crippen LogP contribution in [0.3, 0.4) is 0 Å². The number of amides is 1. The van der Waals surface area contributed by atoms with Crippen LogP contribution in [0.15, 0.2) is 72.4 Å². The van der Waals surface area contributed by atoms with Gasteiger partial charge >= 0.3 is 0 Å². The lowest BCUT2D eigenvalue weighted by atomic mass is 10.2. The average molecular weight is 333 g/mol. The summed E-state index contributed by atoms with van der Waals surface area (Å²) in [7, 11) is 0. The molecule has 1 N–H and O–H groups in total. The molecule has 0 bridgehead atoms. The zero-order valence-electron chi connectivity index (χ0n) is 12.9. The van der Waals surface area contributed by atoms with E-state index < -0.39 is 0 Å². The van der Waals surface area contributed by atoms with Gasteiger partial charge in [0.15, 0.2) is 4.80 Å². The second kappa shape index (κ2) is 5.94. The number of nitrogens with one attached hydrogen (secondary N) is 1. The summed E-state index contributed by atoms with van der Waals surface area (Å²) in [6, 6.07) is 15.8. The minimum absolute atomic E-state index is 0.239. The number of carbonyl (C=O) groups excluding carboxylic acids is 1. The summed E-state index contributed by atoms with van der Waals surface area (Å²) in [5.41, 5.74) is 2.59. The highest BCUT2D eigenvalue weighted by atomic mass is 32.1. The number of allylic oxidation sites excluding steroid dienone is 1. The van der Waals surface area contributed by atoms with E-state index in [9.17, 15) is 4.79 Å². The van der Waals surface area contributed by atoms with Crippen molar-refractivity contribution in [3.63, 3.8) is 0 Å². The van der Waals surface area contributed by atoms with Crippen LogP contribution in [0.5, 0.6) is 0 Å². The van der Waals surface area contributed by atoms with Crippen molar-refractivity contribution >= 4 is 38.4 Å². The van der Waals surface area contributed by atoms with E-state index >= 15 is 0 Å². The number of thiazole rings is 1. The van der Waals surface area contributed by atoms with Gasteiger partial charge in [-0.3, -0.25) is 4.79 Å². The quantitative estimate of drug-likeness (QED) is 0.564. The van der Waals surface area contributed by atoms with Crippen LogP contribution in [0, 0.1) is 0 Å².